The number of hydrogen-bond donors (Lipinski definition) is 1. The predicted octanol–water partition coefficient (Wildman–Crippen LogP) is 3.33. The minimum Gasteiger partial charge on any atom is -0.320 e. The van der Waals surface area contributed by atoms with E-state index in [1.54, 1.807) is 23.8 Å². The molecule has 0 aliphatic carbocycles. The Morgan fingerprint density at radius 3 is 2.91 bits per heavy atom. The van der Waals surface area contributed by atoms with Gasteiger partial charge in [0.2, 0.25) is 0 Å². The number of anilines is 1. The molecule has 1 N–H and O–H groups in total. The van der Waals surface area contributed by atoms with Crippen molar-refractivity contribution >= 4 is 22.9 Å². The van der Waals surface area contributed by atoms with Crippen molar-refractivity contribution in [2.45, 2.75) is 0 Å². The van der Waals surface area contributed by atoms with Crippen LogP contribution in [0.2, 0.25) is 0 Å². The summed E-state index contributed by atoms with van der Waals surface area (Å²) in [5.41, 5.74) is 3.28. The maximum Gasteiger partial charge on any atom is 0.258 e. The molecule has 0 atom stereocenters. The average Bonchev–Trinajstić information content (AvgIpc) is 3.08. The molecule has 0 spiro atoms. The maximum atomic E-state index is 13.9. The highest BCUT2D eigenvalue weighted by molar-refractivity contribution is 7.07. The van der Waals surface area contributed by atoms with Crippen molar-refractivity contribution in [3.63, 3.8) is 0 Å². The zero-order valence-corrected chi connectivity index (χ0v) is 12.6. The first-order chi connectivity index (χ1) is 11.2. The van der Waals surface area contributed by atoms with Crippen molar-refractivity contribution < 1.29 is 9.18 Å². The maximum absolute atomic E-state index is 13.9. The van der Waals surface area contributed by atoms with Gasteiger partial charge in [0.1, 0.15) is 11.5 Å². The molecule has 0 saturated heterocycles. The van der Waals surface area contributed by atoms with E-state index >= 15 is 0 Å². The topological polar surface area (TPSA) is 54.9 Å². The summed E-state index contributed by atoms with van der Waals surface area (Å²) in [6, 6.07) is 7.52. The van der Waals surface area contributed by atoms with Crippen molar-refractivity contribution in [2.24, 2.45) is 0 Å². The third-order valence-corrected chi connectivity index (χ3v) is 3.48. The molecule has 0 radical (unpaired) electrons. The average molecular weight is 323 g/mol. The van der Waals surface area contributed by atoms with Gasteiger partial charge in [0.15, 0.2) is 0 Å². The van der Waals surface area contributed by atoms with Gasteiger partial charge in [-0.3, -0.25) is 9.78 Å². The zero-order valence-electron chi connectivity index (χ0n) is 11.8. The molecule has 2 heterocycles. The van der Waals surface area contributed by atoms with Crippen LogP contribution in [0.5, 0.6) is 0 Å². The number of aromatic nitrogens is 2. The molecule has 0 saturated carbocycles. The van der Waals surface area contributed by atoms with Gasteiger partial charge in [0.25, 0.3) is 5.91 Å². The number of nitrogens with zero attached hydrogens (tertiary/aromatic N) is 2. The van der Waals surface area contributed by atoms with Crippen LogP contribution < -0.4 is 5.32 Å². The molecule has 3 aromatic rings. The summed E-state index contributed by atoms with van der Waals surface area (Å²) in [4.78, 5) is 20.1. The first-order valence-electron chi connectivity index (χ1n) is 6.63. The van der Waals surface area contributed by atoms with Crippen LogP contribution in [0.1, 0.15) is 21.6 Å². The molecule has 1 amide bonds. The van der Waals surface area contributed by atoms with Crippen LogP contribution in [0, 0.1) is 17.7 Å². The molecular weight excluding hydrogens is 313 g/mol. The second kappa shape index (κ2) is 6.81. The molecule has 0 fully saturated rings. The molecule has 2 aromatic heterocycles. The van der Waals surface area contributed by atoms with E-state index in [4.69, 9.17) is 0 Å². The van der Waals surface area contributed by atoms with E-state index in [-0.39, 0.29) is 5.56 Å². The van der Waals surface area contributed by atoms with Crippen molar-refractivity contribution in [2.75, 3.05) is 5.32 Å². The molecule has 0 aliphatic rings. The number of amides is 1. The van der Waals surface area contributed by atoms with Gasteiger partial charge in [-0.2, -0.15) is 0 Å². The Bertz CT molecular complexity index is 883. The van der Waals surface area contributed by atoms with Crippen molar-refractivity contribution in [3.8, 4) is 11.8 Å². The summed E-state index contributed by atoms with van der Waals surface area (Å²) >= 11 is 1.44. The molecule has 112 valence electrons. The minimum absolute atomic E-state index is 0.0704. The number of carbonyl (C=O) groups is 1. The van der Waals surface area contributed by atoms with E-state index in [9.17, 15) is 9.18 Å². The fourth-order valence-electron chi connectivity index (χ4n) is 1.82. The number of pyridine rings is 1. The Labute approximate surface area is 136 Å². The number of nitrogens with one attached hydrogen (secondary N) is 1. The number of rotatable bonds is 2. The highest BCUT2D eigenvalue weighted by Gasteiger charge is 2.12. The van der Waals surface area contributed by atoms with Gasteiger partial charge < -0.3 is 5.32 Å². The SMILES string of the molecule is O=C(Nc1cccnc1)c1cc(C#Cc2cscn2)ccc1F. The van der Waals surface area contributed by atoms with Crippen LogP contribution in [0.3, 0.4) is 0 Å². The predicted molar refractivity (Wildman–Crippen MR) is 86.7 cm³/mol. The molecule has 0 unspecified atom stereocenters. The lowest BCUT2D eigenvalue weighted by Crippen LogP contribution is -2.14. The van der Waals surface area contributed by atoms with E-state index in [1.807, 2.05) is 5.38 Å². The smallest absolute Gasteiger partial charge is 0.258 e. The second-order valence-electron chi connectivity index (χ2n) is 4.51. The quantitative estimate of drug-likeness (QED) is 0.736. The Hall–Kier alpha value is -3.04. The third-order valence-electron chi connectivity index (χ3n) is 2.90. The van der Waals surface area contributed by atoms with Gasteiger partial charge in [-0.1, -0.05) is 5.92 Å². The fraction of sp³-hybridized carbons (Fsp3) is 0. The van der Waals surface area contributed by atoms with Crippen molar-refractivity contribution in [1.82, 2.24) is 9.97 Å². The number of hydrogen-bond acceptors (Lipinski definition) is 4. The highest BCUT2D eigenvalue weighted by atomic mass is 32.1. The molecule has 23 heavy (non-hydrogen) atoms. The second-order valence-corrected chi connectivity index (χ2v) is 5.23. The summed E-state index contributed by atoms with van der Waals surface area (Å²) < 4.78 is 13.9. The fourth-order valence-corrected chi connectivity index (χ4v) is 2.31. The summed E-state index contributed by atoms with van der Waals surface area (Å²) in [5, 5.41) is 4.41. The summed E-state index contributed by atoms with van der Waals surface area (Å²) in [7, 11) is 0. The largest absolute Gasteiger partial charge is 0.320 e. The number of carbonyl (C=O) groups excluding carboxylic acids is 1. The Morgan fingerprint density at radius 1 is 1.26 bits per heavy atom. The third kappa shape index (κ3) is 3.78. The first-order valence-corrected chi connectivity index (χ1v) is 7.58. The monoisotopic (exact) mass is 323 g/mol. The normalized spacial score (nSPS) is 9.78. The molecule has 0 bridgehead atoms. The minimum atomic E-state index is -0.606. The van der Waals surface area contributed by atoms with Gasteiger partial charge in [-0.15, -0.1) is 11.3 Å². The van der Waals surface area contributed by atoms with Crippen molar-refractivity contribution in [3.05, 3.63) is 76.3 Å². The van der Waals surface area contributed by atoms with Gasteiger partial charge in [0, 0.05) is 17.1 Å². The lowest BCUT2D eigenvalue weighted by molar-refractivity contribution is 0.102. The number of thiazole rings is 1. The van der Waals surface area contributed by atoms with E-state index in [2.05, 4.69) is 27.1 Å². The molecule has 1 aromatic carbocycles. The Balaban J connectivity index is 1.84. The lowest BCUT2D eigenvalue weighted by Gasteiger charge is -2.06. The van der Waals surface area contributed by atoms with Gasteiger partial charge in [0.05, 0.1) is 23.0 Å². The lowest BCUT2D eigenvalue weighted by atomic mass is 10.1. The zero-order chi connectivity index (χ0) is 16.1. The molecular formula is C17H10FN3OS. The van der Waals surface area contributed by atoms with E-state index < -0.39 is 11.7 Å². The van der Waals surface area contributed by atoms with E-state index in [0.29, 0.717) is 16.9 Å². The Kier molecular flexibility index (Phi) is 4.41. The molecule has 3 rings (SSSR count). The summed E-state index contributed by atoms with van der Waals surface area (Å²) in [6.07, 6.45) is 3.08. The molecule has 0 aliphatic heterocycles. The first kappa shape index (κ1) is 14.9. The van der Waals surface area contributed by atoms with Gasteiger partial charge in [-0.05, 0) is 36.3 Å². The summed E-state index contributed by atoms with van der Waals surface area (Å²) in [5.74, 6) is 4.58. The van der Waals surface area contributed by atoms with Crippen LogP contribution in [0.25, 0.3) is 0 Å². The number of halogens is 1. The standard InChI is InChI=1S/C17H10FN3OS/c18-16-6-4-12(3-5-14-10-23-11-20-14)8-15(16)17(22)21-13-2-1-7-19-9-13/h1-2,4,6-11H,(H,21,22). The van der Waals surface area contributed by atoms with Crippen LogP contribution in [0.4, 0.5) is 10.1 Å². The molecule has 4 nitrogen and oxygen atoms in total. The van der Waals surface area contributed by atoms with E-state index in [0.717, 1.165) is 0 Å². The van der Waals surface area contributed by atoms with Crippen LogP contribution in [-0.2, 0) is 0 Å². The highest BCUT2D eigenvalue weighted by Crippen LogP contribution is 2.13. The van der Waals surface area contributed by atoms with Crippen LogP contribution in [-0.4, -0.2) is 15.9 Å². The van der Waals surface area contributed by atoms with Gasteiger partial charge in [-0.25, -0.2) is 9.37 Å². The van der Waals surface area contributed by atoms with Gasteiger partial charge >= 0.3 is 0 Å². The van der Waals surface area contributed by atoms with Crippen molar-refractivity contribution in [1.29, 1.82) is 0 Å². The van der Waals surface area contributed by atoms with E-state index in [1.165, 1.54) is 35.7 Å². The Morgan fingerprint density at radius 2 is 2.17 bits per heavy atom. The number of benzene rings is 1. The van der Waals surface area contributed by atoms with Crippen LogP contribution >= 0.6 is 11.3 Å². The molecule has 6 heteroatoms. The van der Waals surface area contributed by atoms with Crippen LogP contribution in [0.15, 0.2) is 53.6 Å². The summed E-state index contributed by atoms with van der Waals surface area (Å²) in [6.45, 7) is 0.